The van der Waals surface area contributed by atoms with Gasteiger partial charge in [-0.1, -0.05) is 24.3 Å². The van der Waals surface area contributed by atoms with Gasteiger partial charge in [0, 0.05) is 18.3 Å². The van der Waals surface area contributed by atoms with E-state index in [-0.39, 0.29) is 11.9 Å². The normalized spacial score (nSPS) is 16.8. The maximum Gasteiger partial charge on any atom is 0.251 e. The molecular formula is C16H17N3O. The van der Waals surface area contributed by atoms with Gasteiger partial charge in [-0.25, -0.2) is 0 Å². The van der Waals surface area contributed by atoms with Crippen LogP contribution in [-0.2, 0) is 13.0 Å². The number of carbonyl (C=O) groups excluding carboxylic acids is 1. The molecule has 3 N–H and O–H groups in total. The zero-order valence-electron chi connectivity index (χ0n) is 11.2. The van der Waals surface area contributed by atoms with Crippen molar-refractivity contribution >= 4 is 5.91 Å². The van der Waals surface area contributed by atoms with Crippen molar-refractivity contribution in [3.63, 3.8) is 0 Å². The van der Waals surface area contributed by atoms with Crippen LogP contribution in [0.4, 0.5) is 0 Å². The first-order chi connectivity index (χ1) is 9.78. The summed E-state index contributed by atoms with van der Waals surface area (Å²) in [5.74, 6) is -0.0659. The van der Waals surface area contributed by atoms with Crippen LogP contribution in [0.25, 0.3) is 0 Å². The van der Waals surface area contributed by atoms with Crippen LogP contribution in [0.2, 0.25) is 0 Å². The first-order valence-electron chi connectivity index (χ1n) is 6.81. The molecule has 0 spiro atoms. The highest BCUT2D eigenvalue weighted by molar-refractivity contribution is 5.94. The molecular weight excluding hydrogens is 250 g/mol. The number of fused-ring (bicyclic) bond motifs is 1. The first kappa shape index (κ1) is 12.8. The third kappa shape index (κ3) is 2.42. The molecule has 2 aromatic rings. The number of aryl methyl sites for hydroxylation is 1. The summed E-state index contributed by atoms with van der Waals surface area (Å²) in [5, 5.41) is 3.10. The van der Waals surface area contributed by atoms with Gasteiger partial charge in [0.05, 0.1) is 11.7 Å². The predicted molar refractivity (Wildman–Crippen MR) is 77.1 cm³/mol. The lowest BCUT2D eigenvalue weighted by Gasteiger charge is -2.14. The monoisotopic (exact) mass is 267 g/mol. The van der Waals surface area contributed by atoms with Crippen LogP contribution in [0, 0.1) is 0 Å². The lowest BCUT2D eigenvalue weighted by atomic mass is 10.1. The fourth-order valence-electron chi connectivity index (χ4n) is 2.68. The number of benzene rings is 1. The average Bonchev–Trinajstić information content (AvgIpc) is 2.90. The van der Waals surface area contributed by atoms with E-state index in [9.17, 15) is 4.79 Å². The van der Waals surface area contributed by atoms with Crippen LogP contribution >= 0.6 is 0 Å². The van der Waals surface area contributed by atoms with Crippen LogP contribution in [-0.4, -0.2) is 10.9 Å². The highest BCUT2D eigenvalue weighted by atomic mass is 16.1. The Morgan fingerprint density at radius 1 is 1.35 bits per heavy atom. The average molecular weight is 267 g/mol. The lowest BCUT2D eigenvalue weighted by Crippen LogP contribution is -2.27. The van der Waals surface area contributed by atoms with Gasteiger partial charge in [0.15, 0.2) is 0 Å². The molecule has 102 valence electrons. The maximum atomic E-state index is 12.3. The van der Waals surface area contributed by atoms with Crippen molar-refractivity contribution < 1.29 is 4.79 Å². The van der Waals surface area contributed by atoms with E-state index in [0.717, 1.165) is 18.5 Å². The highest BCUT2D eigenvalue weighted by Crippen LogP contribution is 2.30. The maximum absolute atomic E-state index is 12.3. The quantitative estimate of drug-likeness (QED) is 0.893. The molecule has 3 rings (SSSR count). The summed E-state index contributed by atoms with van der Waals surface area (Å²) in [4.78, 5) is 16.4. The van der Waals surface area contributed by atoms with E-state index in [1.807, 2.05) is 12.1 Å². The Morgan fingerprint density at radius 3 is 3.05 bits per heavy atom. The summed E-state index contributed by atoms with van der Waals surface area (Å²) in [7, 11) is 0. The van der Waals surface area contributed by atoms with E-state index >= 15 is 0 Å². The van der Waals surface area contributed by atoms with Crippen LogP contribution in [0.15, 0.2) is 42.6 Å². The Kier molecular flexibility index (Phi) is 3.48. The molecule has 0 saturated carbocycles. The molecule has 1 amide bonds. The smallest absolute Gasteiger partial charge is 0.251 e. The van der Waals surface area contributed by atoms with Gasteiger partial charge in [-0.15, -0.1) is 0 Å². The molecule has 1 aliphatic rings. The molecule has 0 bridgehead atoms. The van der Waals surface area contributed by atoms with Crippen molar-refractivity contribution in [1.82, 2.24) is 10.3 Å². The van der Waals surface area contributed by atoms with Crippen LogP contribution in [0.3, 0.4) is 0 Å². The van der Waals surface area contributed by atoms with Gasteiger partial charge < -0.3 is 11.1 Å². The standard InChI is InChI=1S/C16H17N3O/c17-10-13-9-12(7-8-18-13)16(20)19-15-6-5-11-3-1-2-4-14(11)15/h1-4,7-9,15H,5-6,10,17H2,(H,19,20). The topological polar surface area (TPSA) is 68.0 Å². The number of aromatic nitrogens is 1. The van der Waals surface area contributed by atoms with Crippen molar-refractivity contribution in [2.75, 3.05) is 0 Å². The summed E-state index contributed by atoms with van der Waals surface area (Å²) < 4.78 is 0. The zero-order chi connectivity index (χ0) is 13.9. The zero-order valence-corrected chi connectivity index (χ0v) is 11.2. The van der Waals surface area contributed by atoms with Gasteiger partial charge in [0.2, 0.25) is 0 Å². The largest absolute Gasteiger partial charge is 0.345 e. The minimum atomic E-state index is -0.0659. The van der Waals surface area contributed by atoms with Crippen LogP contribution in [0.1, 0.15) is 39.6 Å². The number of hydrogen-bond donors (Lipinski definition) is 2. The Hall–Kier alpha value is -2.20. The number of nitrogens with one attached hydrogen (secondary N) is 1. The molecule has 4 nitrogen and oxygen atoms in total. The van der Waals surface area contributed by atoms with E-state index in [1.165, 1.54) is 11.1 Å². The Labute approximate surface area is 118 Å². The number of nitrogens with zero attached hydrogens (tertiary/aromatic N) is 1. The second kappa shape index (κ2) is 5.43. The Bertz CT molecular complexity index is 639. The highest BCUT2D eigenvalue weighted by Gasteiger charge is 2.23. The summed E-state index contributed by atoms with van der Waals surface area (Å²) in [6.45, 7) is 0.341. The molecule has 1 aromatic carbocycles. The van der Waals surface area contributed by atoms with Crippen LogP contribution in [0.5, 0.6) is 0 Å². The summed E-state index contributed by atoms with van der Waals surface area (Å²) in [6.07, 6.45) is 3.60. The van der Waals surface area contributed by atoms with E-state index in [1.54, 1.807) is 18.3 Å². The molecule has 1 aliphatic carbocycles. The minimum absolute atomic E-state index is 0.0659. The van der Waals surface area contributed by atoms with Gasteiger partial charge in [0.1, 0.15) is 0 Å². The van der Waals surface area contributed by atoms with E-state index < -0.39 is 0 Å². The van der Waals surface area contributed by atoms with Gasteiger partial charge in [0.25, 0.3) is 5.91 Å². The molecule has 0 aliphatic heterocycles. The van der Waals surface area contributed by atoms with Crippen molar-refractivity contribution in [1.29, 1.82) is 0 Å². The van der Waals surface area contributed by atoms with Crippen molar-refractivity contribution in [3.8, 4) is 0 Å². The first-order valence-corrected chi connectivity index (χ1v) is 6.81. The van der Waals surface area contributed by atoms with Gasteiger partial charge in [-0.2, -0.15) is 0 Å². The number of amides is 1. The molecule has 4 heteroatoms. The van der Waals surface area contributed by atoms with Gasteiger partial charge >= 0.3 is 0 Å². The van der Waals surface area contributed by atoms with Gasteiger partial charge in [-0.05, 0) is 36.1 Å². The minimum Gasteiger partial charge on any atom is -0.345 e. The van der Waals surface area contributed by atoms with E-state index in [0.29, 0.717) is 12.1 Å². The second-order valence-corrected chi connectivity index (χ2v) is 5.00. The summed E-state index contributed by atoms with van der Waals surface area (Å²) in [6, 6.07) is 11.8. The van der Waals surface area contributed by atoms with Crippen LogP contribution < -0.4 is 11.1 Å². The Balaban J connectivity index is 1.77. The molecule has 1 unspecified atom stereocenters. The number of pyridine rings is 1. The van der Waals surface area contributed by atoms with Gasteiger partial charge in [-0.3, -0.25) is 9.78 Å². The SMILES string of the molecule is NCc1cc(C(=O)NC2CCc3ccccc32)ccn1. The summed E-state index contributed by atoms with van der Waals surface area (Å²) >= 11 is 0. The van der Waals surface area contributed by atoms with Crippen molar-refractivity contribution in [2.45, 2.75) is 25.4 Å². The number of nitrogens with two attached hydrogens (primary N) is 1. The summed E-state index contributed by atoms with van der Waals surface area (Å²) in [5.41, 5.74) is 9.45. The number of carbonyl (C=O) groups is 1. The fourth-order valence-corrected chi connectivity index (χ4v) is 2.68. The third-order valence-corrected chi connectivity index (χ3v) is 3.73. The molecule has 1 heterocycles. The number of hydrogen-bond acceptors (Lipinski definition) is 3. The third-order valence-electron chi connectivity index (χ3n) is 3.73. The van der Waals surface area contributed by atoms with E-state index in [2.05, 4.69) is 22.4 Å². The molecule has 1 aromatic heterocycles. The molecule has 0 radical (unpaired) electrons. The molecule has 0 saturated heterocycles. The Morgan fingerprint density at radius 2 is 2.20 bits per heavy atom. The second-order valence-electron chi connectivity index (χ2n) is 5.00. The lowest BCUT2D eigenvalue weighted by molar-refractivity contribution is 0.0936. The molecule has 20 heavy (non-hydrogen) atoms. The number of rotatable bonds is 3. The van der Waals surface area contributed by atoms with Crippen molar-refractivity contribution in [2.24, 2.45) is 5.73 Å². The van der Waals surface area contributed by atoms with E-state index in [4.69, 9.17) is 5.73 Å². The predicted octanol–water partition coefficient (Wildman–Crippen LogP) is 1.96. The molecule has 0 fully saturated rings. The fraction of sp³-hybridized carbons (Fsp3) is 0.250. The van der Waals surface area contributed by atoms with Crippen molar-refractivity contribution in [3.05, 3.63) is 65.0 Å². The molecule has 1 atom stereocenters.